The van der Waals surface area contributed by atoms with Crippen molar-refractivity contribution in [3.63, 3.8) is 0 Å². The summed E-state index contributed by atoms with van der Waals surface area (Å²) in [4.78, 5) is 10.8. The topological polar surface area (TPSA) is 34.9 Å². The molecule has 3 rings (SSSR count). The van der Waals surface area contributed by atoms with E-state index in [2.05, 4.69) is 5.10 Å². The first kappa shape index (κ1) is 10.5. The smallest absolute Gasteiger partial charge is 0.150 e. The fourth-order valence-corrected chi connectivity index (χ4v) is 2.99. The van der Waals surface area contributed by atoms with Crippen molar-refractivity contribution in [1.82, 2.24) is 9.78 Å². The van der Waals surface area contributed by atoms with Crippen LogP contribution in [0.2, 0.25) is 0 Å². The average Bonchev–Trinajstić information content (AvgIpc) is 2.93. The molecule has 17 heavy (non-hydrogen) atoms. The maximum Gasteiger partial charge on any atom is 0.150 e. The van der Waals surface area contributed by atoms with Gasteiger partial charge in [-0.25, -0.2) is 0 Å². The molecule has 0 unspecified atom stereocenters. The molecule has 1 aliphatic rings. The Bertz CT molecular complexity index is 565. The van der Waals surface area contributed by atoms with Gasteiger partial charge in [0.1, 0.15) is 6.29 Å². The molecule has 1 aromatic heterocycles. The first-order valence-electron chi connectivity index (χ1n) is 6.21. The second kappa shape index (κ2) is 3.99. The molecule has 3 heteroatoms. The SMILES string of the molecule is Cn1nc2cc(C=O)ccc2c1C1CCCC1. The van der Waals surface area contributed by atoms with Crippen LogP contribution >= 0.6 is 0 Å². The van der Waals surface area contributed by atoms with E-state index in [0.29, 0.717) is 11.5 Å². The molecule has 2 aromatic rings. The number of carbonyl (C=O) groups excluding carboxylic acids is 1. The van der Waals surface area contributed by atoms with E-state index >= 15 is 0 Å². The highest BCUT2D eigenvalue weighted by Crippen LogP contribution is 2.37. The van der Waals surface area contributed by atoms with Crippen LogP contribution in [0.5, 0.6) is 0 Å². The van der Waals surface area contributed by atoms with Crippen LogP contribution in [-0.2, 0) is 7.05 Å². The molecule has 0 aliphatic heterocycles. The van der Waals surface area contributed by atoms with Gasteiger partial charge in [0.2, 0.25) is 0 Å². The van der Waals surface area contributed by atoms with Crippen molar-refractivity contribution in [2.24, 2.45) is 7.05 Å². The van der Waals surface area contributed by atoms with Crippen LogP contribution in [0.4, 0.5) is 0 Å². The molecule has 0 bridgehead atoms. The number of aryl methyl sites for hydroxylation is 1. The number of aldehydes is 1. The number of aromatic nitrogens is 2. The van der Waals surface area contributed by atoms with Crippen LogP contribution < -0.4 is 0 Å². The predicted octanol–water partition coefficient (Wildman–Crippen LogP) is 3.04. The van der Waals surface area contributed by atoms with Crippen LogP contribution in [0.15, 0.2) is 18.2 Å². The summed E-state index contributed by atoms with van der Waals surface area (Å²) in [6.07, 6.45) is 6.06. The molecule has 0 amide bonds. The number of hydrogen-bond donors (Lipinski definition) is 0. The molecule has 0 N–H and O–H groups in total. The molecule has 1 aliphatic carbocycles. The summed E-state index contributed by atoms with van der Waals surface area (Å²) in [6.45, 7) is 0. The maximum absolute atomic E-state index is 10.8. The molecular weight excluding hydrogens is 212 g/mol. The second-order valence-corrected chi connectivity index (χ2v) is 4.88. The third-order valence-electron chi connectivity index (χ3n) is 3.78. The van der Waals surface area contributed by atoms with E-state index in [4.69, 9.17) is 0 Å². The predicted molar refractivity (Wildman–Crippen MR) is 67.3 cm³/mol. The molecule has 3 nitrogen and oxygen atoms in total. The van der Waals surface area contributed by atoms with Crippen LogP contribution in [0.1, 0.15) is 47.7 Å². The van der Waals surface area contributed by atoms with Crippen molar-refractivity contribution in [3.05, 3.63) is 29.5 Å². The van der Waals surface area contributed by atoms with Gasteiger partial charge < -0.3 is 0 Å². The summed E-state index contributed by atoms with van der Waals surface area (Å²) in [6, 6.07) is 5.80. The number of fused-ring (bicyclic) bond motifs is 1. The van der Waals surface area contributed by atoms with Gasteiger partial charge in [0.05, 0.1) is 5.52 Å². The van der Waals surface area contributed by atoms with Crippen molar-refractivity contribution in [1.29, 1.82) is 0 Å². The van der Waals surface area contributed by atoms with Crippen molar-refractivity contribution in [3.8, 4) is 0 Å². The lowest BCUT2D eigenvalue weighted by Gasteiger charge is -2.09. The molecule has 0 atom stereocenters. The molecule has 1 aromatic carbocycles. The van der Waals surface area contributed by atoms with Crippen LogP contribution in [0, 0.1) is 0 Å². The zero-order chi connectivity index (χ0) is 11.8. The Balaban J connectivity index is 2.16. The number of hydrogen-bond acceptors (Lipinski definition) is 2. The van der Waals surface area contributed by atoms with Gasteiger partial charge in [-0.05, 0) is 18.9 Å². The Kier molecular flexibility index (Phi) is 2.46. The van der Waals surface area contributed by atoms with Gasteiger partial charge in [0, 0.05) is 29.6 Å². The average molecular weight is 228 g/mol. The lowest BCUT2D eigenvalue weighted by Crippen LogP contribution is -2.02. The summed E-state index contributed by atoms with van der Waals surface area (Å²) >= 11 is 0. The molecule has 88 valence electrons. The van der Waals surface area contributed by atoms with Gasteiger partial charge in [0.15, 0.2) is 0 Å². The number of carbonyl (C=O) groups is 1. The summed E-state index contributed by atoms with van der Waals surface area (Å²) in [5.74, 6) is 0.645. The van der Waals surface area contributed by atoms with E-state index in [1.54, 1.807) is 0 Å². The maximum atomic E-state index is 10.8. The van der Waals surface area contributed by atoms with Crippen molar-refractivity contribution < 1.29 is 4.79 Å². The van der Waals surface area contributed by atoms with Gasteiger partial charge in [-0.1, -0.05) is 25.0 Å². The first-order valence-corrected chi connectivity index (χ1v) is 6.21. The Morgan fingerprint density at radius 1 is 1.35 bits per heavy atom. The highest BCUT2D eigenvalue weighted by molar-refractivity contribution is 5.88. The zero-order valence-corrected chi connectivity index (χ0v) is 10.0. The van der Waals surface area contributed by atoms with E-state index in [-0.39, 0.29) is 0 Å². The third kappa shape index (κ3) is 1.66. The molecule has 0 saturated heterocycles. The molecular formula is C14H16N2O. The molecule has 1 heterocycles. The Morgan fingerprint density at radius 2 is 2.12 bits per heavy atom. The second-order valence-electron chi connectivity index (χ2n) is 4.88. The van der Waals surface area contributed by atoms with Gasteiger partial charge in [-0.15, -0.1) is 0 Å². The summed E-state index contributed by atoms with van der Waals surface area (Å²) < 4.78 is 2.00. The standard InChI is InChI=1S/C14H16N2O/c1-16-14(11-4-2-3-5-11)12-7-6-10(9-17)8-13(12)15-16/h6-9,11H,2-5H2,1H3. The molecule has 0 radical (unpaired) electrons. The Morgan fingerprint density at radius 3 is 2.82 bits per heavy atom. The Hall–Kier alpha value is -1.64. The van der Waals surface area contributed by atoms with E-state index in [9.17, 15) is 4.79 Å². The summed E-state index contributed by atoms with van der Waals surface area (Å²) in [5.41, 5.74) is 2.99. The van der Waals surface area contributed by atoms with Gasteiger partial charge >= 0.3 is 0 Å². The van der Waals surface area contributed by atoms with Gasteiger partial charge in [0.25, 0.3) is 0 Å². The van der Waals surface area contributed by atoms with Crippen LogP contribution in [0.3, 0.4) is 0 Å². The molecule has 0 spiro atoms. The molecule has 1 saturated carbocycles. The zero-order valence-electron chi connectivity index (χ0n) is 10.0. The van der Waals surface area contributed by atoms with E-state index in [1.165, 1.54) is 36.8 Å². The fourth-order valence-electron chi connectivity index (χ4n) is 2.99. The first-order chi connectivity index (χ1) is 8.29. The minimum absolute atomic E-state index is 0.645. The summed E-state index contributed by atoms with van der Waals surface area (Å²) in [7, 11) is 2.01. The highest BCUT2D eigenvalue weighted by Gasteiger charge is 2.22. The van der Waals surface area contributed by atoms with Crippen LogP contribution in [-0.4, -0.2) is 16.1 Å². The number of nitrogens with zero attached hydrogens (tertiary/aromatic N) is 2. The Labute approximate surface area is 100 Å². The third-order valence-corrected chi connectivity index (χ3v) is 3.78. The van der Waals surface area contributed by atoms with Crippen molar-refractivity contribution in [2.75, 3.05) is 0 Å². The normalized spacial score (nSPS) is 16.8. The van der Waals surface area contributed by atoms with Crippen molar-refractivity contribution in [2.45, 2.75) is 31.6 Å². The number of rotatable bonds is 2. The molecule has 1 fully saturated rings. The van der Waals surface area contributed by atoms with E-state index in [0.717, 1.165) is 11.8 Å². The minimum atomic E-state index is 0.645. The van der Waals surface area contributed by atoms with Gasteiger partial charge in [-0.3, -0.25) is 9.48 Å². The van der Waals surface area contributed by atoms with Crippen LogP contribution in [0.25, 0.3) is 10.9 Å². The summed E-state index contributed by atoms with van der Waals surface area (Å²) in [5, 5.41) is 5.74. The minimum Gasteiger partial charge on any atom is -0.298 e. The van der Waals surface area contributed by atoms with Crippen molar-refractivity contribution >= 4 is 17.2 Å². The number of benzene rings is 1. The quantitative estimate of drug-likeness (QED) is 0.740. The van der Waals surface area contributed by atoms with E-state index in [1.807, 2.05) is 29.9 Å². The monoisotopic (exact) mass is 228 g/mol. The highest BCUT2D eigenvalue weighted by atomic mass is 16.1. The van der Waals surface area contributed by atoms with E-state index < -0.39 is 0 Å². The van der Waals surface area contributed by atoms with Gasteiger partial charge in [-0.2, -0.15) is 5.10 Å². The largest absolute Gasteiger partial charge is 0.298 e. The lowest BCUT2D eigenvalue weighted by molar-refractivity contribution is 0.112. The lowest BCUT2D eigenvalue weighted by atomic mass is 9.99. The fraction of sp³-hybridized carbons (Fsp3) is 0.429.